The van der Waals surface area contributed by atoms with Gasteiger partial charge in [0.25, 0.3) is 0 Å². The standard InChI is InChI=1S/C17H25N3O2/c1-3-7-15(14-8-5-4-6-9-14)19-17(22)13(2)20-11-10-18-16(21)12-20/h4-6,8-9,13,15H,3,7,10-12H2,1-2H3,(H,18,21)(H,19,22)/t13-,15+/m0/s1. The maximum atomic E-state index is 12.5. The minimum Gasteiger partial charge on any atom is -0.354 e. The van der Waals surface area contributed by atoms with Gasteiger partial charge < -0.3 is 10.6 Å². The van der Waals surface area contributed by atoms with Crippen LogP contribution in [-0.4, -0.2) is 42.4 Å². The second kappa shape index (κ2) is 7.94. The monoisotopic (exact) mass is 303 g/mol. The molecule has 0 unspecified atom stereocenters. The molecule has 2 rings (SSSR count). The fourth-order valence-electron chi connectivity index (χ4n) is 2.74. The summed E-state index contributed by atoms with van der Waals surface area (Å²) in [6, 6.07) is 9.77. The Morgan fingerprint density at radius 3 is 2.73 bits per heavy atom. The number of benzene rings is 1. The highest BCUT2D eigenvalue weighted by Gasteiger charge is 2.27. The first kappa shape index (κ1) is 16.5. The topological polar surface area (TPSA) is 61.4 Å². The van der Waals surface area contributed by atoms with Gasteiger partial charge in [-0.15, -0.1) is 0 Å². The van der Waals surface area contributed by atoms with Gasteiger partial charge in [-0.2, -0.15) is 0 Å². The van der Waals surface area contributed by atoms with Crippen LogP contribution in [0.15, 0.2) is 30.3 Å². The molecule has 120 valence electrons. The van der Waals surface area contributed by atoms with Crippen LogP contribution in [0.2, 0.25) is 0 Å². The minimum atomic E-state index is -0.297. The maximum absolute atomic E-state index is 12.5. The van der Waals surface area contributed by atoms with Gasteiger partial charge in [0, 0.05) is 13.1 Å². The average molecular weight is 303 g/mol. The van der Waals surface area contributed by atoms with Gasteiger partial charge in [-0.1, -0.05) is 43.7 Å². The lowest BCUT2D eigenvalue weighted by atomic mass is 10.0. The zero-order valence-corrected chi connectivity index (χ0v) is 13.3. The summed E-state index contributed by atoms with van der Waals surface area (Å²) in [5.41, 5.74) is 1.13. The fraction of sp³-hybridized carbons (Fsp3) is 0.529. The van der Waals surface area contributed by atoms with Crippen molar-refractivity contribution >= 4 is 11.8 Å². The Kier molecular flexibility index (Phi) is 5.95. The Morgan fingerprint density at radius 1 is 1.36 bits per heavy atom. The summed E-state index contributed by atoms with van der Waals surface area (Å²) in [5, 5.41) is 5.91. The largest absolute Gasteiger partial charge is 0.354 e. The van der Waals surface area contributed by atoms with Gasteiger partial charge in [0.1, 0.15) is 0 Å². The van der Waals surface area contributed by atoms with E-state index in [1.807, 2.05) is 42.2 Å². The number of hydrogen-bond donors (Lipinski definition) is 2. The summed E-state index contributed by atoms with van der Waals surface area (Å²) >= 11 is 0. The van der Waals surface area contributed by atoms with Crippen molar-refractivity contribution in [1.29, 1.82) is 0 Å². The van der Waals surface area contributed by atoms with Crippen LogP contribution in [0.5, 0.6) is 0 Å². The summed E-state index contributed by atoms with van der Waals surface area (Å²) in [5.74, 6) is -0.0314. The van der Waals surface area contributed by atoms with Crippen molar-refractivity contribution in [3.05, 3.63) is 35.9 Å². The predicted octanol–water partition coefficient (Wildman–Crippen LogP) is 1.46. The number of piperazine rings is 1. The molecule has 1 aromatic carbocycles. The van der Waals surface area contributed by atoms with Crippen LogP contribution in [0.4, 0.5) is 0 Å². The third-order valence-electron chi connectivity index (χ3n) is 4.09. The van der Waals surface area contributed by atoms with Gasteiger partial charge in [0.2, 0.25) is 11.8 Å². The lowest BCUT2D eigenvalue weighted by Crippen LogP contribution is -2.55. The van der Waals surface area contributed by atoms with Crippen LogP contribution in [0.1, 0.15) is 38.3 Å². The van der Waals surface area contributed by atoms with E-state index in [0.717, 1.165) is 18.4 Å². The maximum Gasteiger partial charge on any atom is 0.237 e. The van der Waals surface area contributed by atoms with E-state index in [2.05, 4.69) is 17.6 Å². The number of nitrogens with one attached hydrogen (secondary N) is 2. The molecule has 1 aliphatic rings. The van der Waals surface area contributed by atoms with E-state index in [1.54, 1.807) is 0 Å². The minimum absolute atomic E-state index is 0.0148. The van der Waals surface area contributed by atoms with E-state index in [0.29, 0.717) is 19.6 Å². The van der Waals surface area contributed by atoms with Crippen molar-refractivity contribution in [2.45, 2.75) is 38.8 Å². The molecule has 0 radical (unpaired) electrons. The zero-order valence-electron chi connectivity index (χ0n) is 13.3. The Labute approximate surface area is 132 Å². The number of amides is 2. The molecule has 1 fully saturated rings. The molecule has 1 saturated heterocycles. The molecule has 5 nitrogen and oxygen atoms in total. The van der Waals surface area contributed by atoms with Gasteiger partial charge in [-0.05, 0) is 18.9 Å². The van der Waals surface area contributed by atoms with E-state index in [1.165, 1.54) is 0 Å². The number of nitrogens with zero attached hydrogens (tertiary/aromatic N) is 1. The van der Waals surface area contributed by atoms with Gasteiger partial charge in [0.05, 0.1) is 18.6 Å². The molecule has 2 atom stereocenters. The molecular formula is C17H25N3O2. The molecule has 1 aliphatic heterocycles. The van der Waals surface area contributed by atoms with Crippen molar-refractivity contribution < 1.29 is 9.59 Å². The molecule has 0 bridgehead atoms. The van der Waals surface area contributed by atoms with Crippen LogP contribution in [0, 0.1) is 0 Å². The molecule has 2 amide bonds. The Bertz CT molecular complexity index is 504. The van der Waals surface area contributed by atoms with E-state index in [-0.39, 0.29) is 23.9 Å². The van der Waals surface area contributed by atoms with E-state index < -0.39 is 0 Å². The number of carbonyl (C=O) groups is 2. The third kappa shape index (κ3) is 4.31. The molecule has 2 N–H and O–H groups in total. The molecule has 0 saturated carbocycles. The quantitative estimate of drug-likeness (QED) is 0.836. The molecule has 0 spiro atoms. The van der Waals surface area contributed by atoms with E-state index >= 15 is 0 Å². The highest BCUT2D eigenvalue weighted by molar-refractivity contribution is 5.84. The Morgan fingerprint density at radius 2 is 2.09 bits per heavy atom. The highest BCUT2D eigenvalue weighted by atomic mass is 16.2. The molecule has 0 aliphatic carbocycles. The van der Waals surface area contributed by atoms with Crippen molar-refractivity contribution in [1.82, 2.24) is 15.5 Å². The highest BCUT2D eigenvalue weighted by Crippen LogP contribution is 2.18. The second-order valence-electron chi connectivity index (χ2n) is 5.76. The van der Waals surface area contributed by atoms with Gasteiger partial charge in [-0.25, -0.2) is 0 Å². The van der Waals surface area contributed by atoms with Crippen molar-refractivity contribution in [2.75, 3.05) is 19.6 Å². The predicted molar refractivity (Wildman–Crippen MR) is 86.3 cm³/mol. The zero-order chi connectivity index (χ0) is 15.9. The summed E-state index contributed by atoms with van der Waals surface area (Å²) in [6.07, 6.45) is 1.91. The van der Waals surface area contributed by atoms with Gasteiger partial charge in [0.15, 0.2) is 0 Å². The van der Waals surface area contributed by atoms with E-state index in [9.17, 15) is 9.59 Å². The normalized spacial score (nSPS) is 18.4. The molecule has 5 heteroatoms. The van der Waals surface area contributed by atoms with Crippen molar-refractivity contribution in [3.63, 3.8) is 0 Å². The lowest BCUT2D eigenvalue weighted by Gasteiger charge is -2.32. The smallest absolute Gasteiger partial charge is 0.237 e. The SMILES string of the molecule is CCC[C@@H](NC(=O)[C@H](C)N1CCNC(=O)C1)c1ccccc1. The fourth-order valence-corrected chi connectivity index (χ4v) is 2.74. The lowest BCUT2D eigenvalue weighted by molar-refractivity contribution is -0.130. The number of carbonyl (C=O) groups excluding carboxylic acids is 2. The Balaban J connectivity index is 1.99. The molecule has 1 heterocycles. The summed E-state index contributed by atoms with van der Waals surface area (Å²) in [6.45, 7) is 5.58. The number of rotatable bonds is 6. The number of hydrogen-bond acceptors (Lipinski definition) is 3. The van der Waals surface area contributed by atoms with Gasteiger partial charge in [-0.3, -0.25) is 14.5 Å². The van der Waals surface area contributed by atoms with Crippen molar-refractivity contribution in [3.8, 4) is 0 Å². The first-order valence-electron chi connectivity index (χ1n) is 7.98. The second-order valence-corrected chi connectivity index (χ2v) is 5.76. The van der Waals surface area contributed by atoms with Gasteiger partial charge >= 0.3 is 0 Å². The summed E-state index contributed by atoms with van der Waals surface area (Å²) < 4.78 is 0. The van der Waals surface area contributed by atoms with Crippen molar-refractivity contribution in [2.24, 2.45) is 0 Å². The summed E-state index contributed by atoms with van der Waals surface area (Å²) in [4.78, 5) is 25.9. The molecule has 1 aromatic rings. The van der Waals surface area contributed by atoms with Crippen LogP contribution in [0.25, 0.3) is 0 Å². The first-order chi connectivity index (χ1) is 10.6. The van der Waals surface area contributed by atoms with Crippen LogP contribution < -0.4 is 10.6 Å². The summed E-state index contributed by atoms with van der Waals surface area (Å²) in [7, 11) is 0. The molecular weight excluding hydrogens is 278 g/mol. The first-order valence-corrected chi connectivity index (χ1v) is 7.98. The van der Waals surface area contributed by atoms with Crippen LogP contribution >= 0.6 is 0 Å². The third-order valence-corrected chi connectivity index (χ3v) is 4.09. The van der Waals surface area contributed by atoms with Crippen LogP contribution in [0.3, 0.4) is 0 Å². The average Bonchev–Trinajstić information content (AvgIpc) is 2.54. The Hall–Kier alpha value is -1.88. The molecule has 22 heavy (non-hydrogen) atoms. The van der Waals surface area contributed by atoms with Crippen LogP contribution in [-0.2, 0) is 9.59 Å². The molecule has 0 aromatic heterocycles. The van der Waals surface area contributed by atoms with E-state index in [4.69, 9.17) is 0 Å².